The van der Waals surface area contributed by atoms with Crippen molar-refractivity contribution in [3.05, 3.63) is 58.5 Å². The monoisotopic (exact) mass is 328 g/mol. The van der Waals surface area contributed by atoms with Crippen LogP contribution in [-0.2, 0) is 11.3 Å². The number of carbonyl (C=O) groups is 1. The van der Waals surface area contributed by atoms with Crippen LogP contribution in [0.2, 0.25) is 0 Å². The molecule has 6 nitrogen and oxygen atoms in total. The standard InChI is InChI=1S/C18H20N2O4/c1-12-9-10-15(23-12)13(2)19-17(21)8-5-11-20-14-6-3-4-7-16(14)24-18(20)22/h3-4,6-7,9-10,13H,5,8,11H2,1-2H3,(H,19,21). The number of nitrogens with one attached hydrogen (secondary N) is 1. The summed E-state index contributed by atoms with van der Waals surface area (Å²) in [6.45, 7) is 4.19. The van der Waals surface area contributed by atoms with Gasteiger partial charge in [0.05, 0.1) is 11.6 Å². The summed E-state index contributed by atoms with van der Waals surface area (Å²) in [6, 6.07) is 10.8. The molecule has 24 heavy (non-hydrogen) atoms. The van der Waals surface area contributed by atoms with Gasteiger partial charge in [0.2, 0.25) is 5.91 Å². The summed E-state index contributed by atoms with van der Waals surface area (Å²) in [5, 5.41) is 2.90. The first-order valence-corrected chi connectivity index (χ1v) is 7.98. The number of fused-ring (bicyclic) bond motifs is 1. The Morgan fingerprint density at radius 2 is 2.00 bits per heavy atom. The van der Waals surface area contributed by atoms with Crippen molar-refractivity contribution in [2.45, 2.75) is 39.3 Å². The number of aryl methyl sites for hydroxylation is 2. The number of amides is 1. The van der Waals surface area contributed by atoms with Crippen molar-refractivity contribution in [2.24, 2.45) is 0 Å². The third-order valence-corrected chi connectivity index (χ3v) is 3.92. The van der Waals surface area contributed by atoms with Gasteiger partial charge in [0.25, 0.3) is 0 Å². The number of furan rings is 1. The minimum Gasteiger partial charge on any atom is -0.464 e. The quantitative estimate of drug-likeness (QED) is 0.754. The predicted molar refractivity (Wildman–Crippen MR) is 89.7 cm³/mol. The zero-order valence-electron chi connectivity index (χ0n) is 13.7. The van der Waals surface area contributed by atoms with Crippen LogP contribution >= 0.6 is 0 Å². The minimum atomic E-state index is -0.393. The summed E-state index contributed by atoms with van der Waals surface area (Å²) in [4.78, 5) is 23.9. The largest absolute Gasteiger partial charge is 0.464 e. The molecule has 1 aromatic carbocycles. The fraction of sp³-hybridized carbons (Fsp3) is 0.333. The van der Waals surface area contributed by atoms with Gasteiger partial charge in [0, 0.05) is 13.0 Å². The molecule has 3 rings (SSSR count). The van der Waals surface area contributed by atoms with Crippen molar-refractivity contribution < 1.29 is 13.6 Å². The molecule has 6 heteroatoms. The number of carbonyl (C=O) groups excluding carboxylic acids is 1. The molecule has 0 saturated carbocycles. The van der Waals surface area contributed by atoms with Crippen LogP contribution < -0.4 is 11.1 Å². The molecule has 0 bridgehead atoms. The highest BCUT2D eigenvalue weighted by molar-refractivity contribution is 5.76. The maximum absolute atomic E-state index is 12.0. The molecule has 1 unspecified atom stereocenters. The summed E-state index contributed by atoms with van der Waals surface area (Å²) in [5.74, 6) is 1.09. The lowest BCUT2D eigenvalue weighted by atomic mass is 10.2. The van der Waals surface area contributed by atoms with E-state index in [9.17, 15) is 9.59 Å². The predicted octanol–water partition coefficient (Wildman–Crippen LogP) is 3.15. The Morgan fingerprint density at radius 1 is 1.21 bits per heavy atom. The Balaban J connectivity index is 1.55. The molecule has 0 saturated heterocycles. The van der Waals surface area contributed by atoms with Crippen LogP contribution in [0.1, 0.15) is 37.3 Å². The van der Waals surface area contributed by atoms with Crippen LogP contribution in [0.5, 0.6) is 0 Å². The Labute approximate surface area is 139 Å². The highest BCUT2D eigenvalue weighted by Gasteiger charge is 2.13. The number of rotatable bonds is 6. The maximum atomic E-state index is 12.0. The van der Waals surface area contributed by atoms with E-state index in [1.807, 2.05) is 44.2 Å². The van der Waals surface area contributed by atoms with E-state index in [1.54, 1.807) is 10.6 Å². The Kier molecular flexibility index (Phi) is 4.55. The van der Waals surface area contributed by atoms with E-state index in [0.717, 1.165) is 17.0 Å². The summed E-state index contributed by atoms with van der Waals surface area (Å²) in [7, 11) is 0. The highest BCUT2D eigenvalue weighted by Crippen LogP contribution is 2.16. The third-order valence-electron chi connectivity index (χ3n) is 3.92. The fourth-order valence-corrected chi connectivity index (χ4v) is 2.69. The summed E-state index contributed by atoms with van der Waals surface area (Å²) in [5.41, 5.74) is 1.32. The van der Waals surface area contributed by atoms with Gasteiger partial charge in [-0.05, 0) is 44.5 Å². The number of hydrogen-bond acceptors (Lipinski definition) is 4. The summed E-state index contributed by atoms with van der Waals surface area (Å²) >= 11 is 0. The van der Waals surface area contributed by atoms with E-state index in [4.69, 9.17) is 8.83 Å². The number of benzene rings is 1. The summed E-state index contributed by atoms with van der Waals surface area (Å²) in [6.07, 6.45) is 0.884. The van der Waals surface area contributed by atoms with Crippen LogP contribution in [0.15, 0.2) is 50.0 Å². The first-order valence-electron chi connectivity index (χ1n) is 7.98. The van der Waals surface area contributed by atoms with Crippen molar-refractivity contribution in [2.75, 3.05) is 0 Å². The Bertz CT molecular complexity index is 903. The van der Waals surface area contributed by atoms with Crippen LogP contribution in [0.3, 0.4) is 0 Å². The molecule has 0 aliphatic rings. The first kappa shape index (κ1) is 16.1. The van der Waals surface area contributed by atoms with Crippen LogP contribution in [0.25, 0.3) is 11.1 Å². The van der Waals surface area contributed by atoms with Gasteiger partial charge in [-0.2, -0.15) is 0 Å². The molecule has 3 aromatic rings. The zero-order chi connectivity index (χ0) is 17.1. The maximum Gasteiger partial charge on any atom is 0.419 e. The second kappa shape index (κ2) is 6.78. The molecule has 2 heterocycles. The zero-order valence-corrected chi connectivity index (χ0v) is 13.7. The summed E-state index contributed by atoms with van der Waals surface area (Å²) < 4.78 is 12.2. The lowest BCUT2D eigenvalue weighted by Crippen LogP contribution is -2.26. The molecule has 0 radical (unpaired) electrons. The Hall–Kier alpha value is -2.76. The van der Waals surface area contributed by atoms with Crippen molar-refractivity contribution in [1.29, 1.82) is 0 Å². The number of nitrogens with zero attached hydrogens (tertiary/aromatic N) is 1. The third kappa shape index (κ3) is 3.42. The van der Waals surface area contributed by atoms with Gasteiger partial charge in [-0.3, -0.25) is 9.36 Å². The molecule has 2 aromatic heterocycles. The van der Waals surface area contributed by atoms with Crippen molar-refractivity contribution in [3.63, 3.8) is 0 Å². The van der Waals surface area contributed by atoms with Gasteiger partial charge < -0.3 is 14.2 Å². The number of hydrogen-bond donors (Lipinski definition) is 1. The molecule has 1 amide bonds. The van der Waals surface area contributed by atoms with Gasteiger partial charge in [0.1, 0.15) is 11.5 Å². The van der Waals surface area contributed by atoms with Gasteiger partial charge in [-0.1, -0.05) is 12.1 Å². The average molecular weight is 328 g/mol. The molecule has 1 atom stereocenters. The second-order valence-corrected chi connectivity index (χ2v) is 5.83. The van der Waals surface area contributed by atoms with Gasteiger partial charge in [0.15, 0.2) is 5.58 Å². The lowest BCUT2D eigenvalue weighted by Gasteiger charge is -2.11. The molecule has 0 fully saturated rings. The van der Waals surface area contributed by atoms with E-state index in [1.165, 1.54) is 0 Å². The number of aromatic nitrogens is 1. The minimum absolute atomic E-state index is 0.0718. The van der Waals surface area contributed by atoms with Crippen molar-refractivity contribution in [1.82, 2.24) is 9.88 Å². The highest BCUT2D eigenvalue weighted by atomic mass is 16.4. The first-order chi connectivity index (χ1) is 11.5. The molecule has 1 N–H and O–H groups in total. The molecule has 126 valence electrons. The molecule has 0 aliphatic heterocycles. The van der Waals surface area contributed by atoms with Gasteiger partial charge in [-0.15, -0.1) is 0 Å². The normalized spacial score (nSPS) is 12.4. The molecule has 0 spiro atoms. The van der Waals surface area contributed by atoms with Crippen molar-refractivity contribution in [3.8, 4) is 0 Å². The van der Waals surface area contributed by atoms with Crippen molar-refractivity contribution >= 4 is 17.0 Å². The van der Waals surface area contributed by atoms with E-state index in [-0.39, 0.29) is 11.9 Å². The smallest absolute Gasteiger partial charge is 0.419 e. The topological polar surface area (TPSA) is 77.4 Å². The van der Waals surface area contributed by atoms with Crippen LogP contribution in [0, 0.1) is 6.92 Å². The van der Waals surface area contributed by atoms with Gasteiger partial charge in [-0.25, -0.2) is 4.79 Å². The Morgan fingerprint density at radius 3 is 2.75 bits per heavy atom. The molecule has 0 aliphatic carbocycles. The number of oxazole rings is 1. The molecular formula is C18H20N2O4. The fourth-order valence-electron chi connectivity index (χ4n) is 2.69. The number of para-hydroxylation sites is 2. The van der Waals surface area contributed by atoms with Gasteiger partial charge >= 0.3 is 5.76 Å². The van der Waals surface area contributed by atoms with Crippen LogP contribution in [0.4, 0.5) is 0 Å². The van der Waals surface area contributed by atoms with E-state index in [2.05, 4.69) is 5.32 Å². The molecular weight excluding hydrogens is 308 g/mol. The van der Waals surface area contributed by atoms with E-state index < -0.39 is 5.76 Å². The second-order valence-electron chi connectivity index (χ2n) is 5.83. The van der Waals surface area contributed by atoms with E-state index >= 15 is 0 Å². The average Bonchev–Trinajstić information content (AvgIpc) is 3.11. The SMILES string of the molecule is Cc1ccc(C(C)NC(=O)CCCn2c(=O)oc3ccccc32)o1. The van der Waals surface area contributed by atoms with E-state index in [0.29, 0.717) is 25.0 Å². The van der Waals surface area contributed by atoms with Crippen LogP contribution in [-0.4, -0.2) is 10.5 Å². The lowest BCUT2D eigenvalue weighted by molar-refractivity contribution is -0.122.